The van der Waals surface area contributed by atoms with Crippen molar-refractivity contribution in [2.24, 2.45) is 0 Å². The highest BCUT2D eigenvalue weighted by atomic mass is 16.7. The van der Waals surface area contributed by atoms with Gasteiger partial charge < -0.3 is 9.47 Å². The second-order valence-corrected chi connectivity index (χ2v) is 3.94. The van der Waals surface area contributed by atoms with Crippen LogP contribution in [0.15, 0.2) is 54.6 Å². The van der Waals surface area contributed by atoms with Gasteiger partial charge in [-0.3, -0.25) is 4.84 Å². The molecule has 0 aromatic heterocycles. The molecular weight excluding hydrogens is 258 g/mol. The Kier molecular flexibility index (Phi) is 4.97. The Morgan fingerprint density at radius 3 is 2.35 bits per heavy atom. The van der Waals surface area contributed by atoms with Crippen LogP contribution in [0.5, 0.6) is 11.5 Å². The highest BCUT2D eigenvalue weighted by Crippen LogP contribution is 2.12. The number of carbonyl (C=O) groups excluding carboxylic acids is 1. The van der Waals surface area contributed by atoms with Gasteiger partial charge >= 0.3 is 6.09 Å². The number of hydroxylamine groups is 1. The van der Waals surface area contributed by atoms with E-state index in [0.29, 0.717) is 5.75 Å². The van der Waals surface area contributed by atoms with Crippen molar-refractivity contribution in [1.82, 2.24) is 5.48 Å². The first-order valence-corrected chi connectivity index (χ1v) is 6.05. The van der Waals surface area contributed by atoms with Gasteiger partial charge in [0.25, 0.3) is 0 Å². The maximum atomic E-state index is 11.4. The monoisotopic (exact) mass is 273 g/mol. The van der Waals surface area contributed by atoms with Crippen molar-refractivity contribution >= 4 is 6.09 Å². The molecule has 5 heteroatoms. The van der Waals surface area contributed by atoms with E-state index in [1.165, 1.54) is 0 Å². The van der Waals surface area contributed by atoms with Crippen LogP contribution in [0.3, 0.4) is 0 Å². The molecule has 0 unspecified atom stereocenters. The van der Waals surface area contributed by atoms with E-state index in [-0.39, 0.29) is 6.61 Å². The normalized spacial score (nSPS) is 9.85. The molecule has 0 fully saturated rings. The minimum Gasteiger partial charge on any atom is -0.497 e. The lowest BCUT2D eigenvalue weighted by molar-refractivity contribution is 0.0343. The Labute approximate surface area is 117 Å². The molecule has 0 aliphatic carbocycles. The summed E-state index contributed by atoms with van der Waals surface area (Å²) in [6.45, 7) is 0.244. The van der Waals surface area contributed by atoms with E-state index in [4.69, 9.17) is 14.3 Å². The fraction of sp³-hybridized carbons (Fsp3) is 0.133. The van der Waals surface area contributed by atoms with E-state index < -0.39 is 6.09 Å². The van der Waals surface area contributed by atoms with Crippen molar-refractivity contribution in [3.63, 3.8) is 0 Å². The lowest BCUT2D eigenvalue weighted by Gasteiger charge is -2.07. The summed E-state index contributed by atoms with van der Waals surface area (Å²) in [5, 5.41) is 0. The third-order valence-electron chi connectivity index (χ3n) is 2.51. The number of nitrogens with one attached hydrogen (secondary N) is 1. The van der Waals surface area contributed by atoms with E-state index in [1.54, 1.807) is 31.4 Å². The van der Waals surface area contributed by atoms with Crippen molar-refractivity contribution in [3.8, 4) is 11.5 Å². The number of hydrogen-bond donors (Lipinski definition) is 1. The zero-order valence-corrected chi connectivity index (χ0v) is 11.0. The Balaban J connectivity index is 1.73. The number of carbonyl (C=O) groups is 1. The second kappa shape index (κ2) is 7.16. The predicted molar refractivity (Wildman–Crippen MR) is 73.4 cm³/mol. The average Bonchev–Trinajstić information content (AvgIpc) is 2.49. The van der Waals surface area contributed by atoms with Crippen molar-refractivity contribution in [1.29, 1.82) is 0 Å². The van der Waals surface area contributed by atoms with Crippen molar-refractivity contribution in [3.05, 3.63) is 60.2 Å². The minimum absolute atomic E-state index is 0.244. The third-order valence-corrected chi connectivity index (χ3v) is 2.51. The smallest absolute Gasteiger partial charge is 0.436 e. The number of hydrogen-bond acceptors (Lipinski definition) is 4. The maximum Gasteiger partial charge on any atom is 0.436 e. The van der Waals surface area contributed by atoms with E-state index >= 15 is 0 Å². The van der Waals surface area contributed by atoms with Gasteiger partial charge in [0.05, 0.1) is 13.7 Å². The summed E-state index contributed by atoms with van der Waals surface area (Å²) < 4.78 is 10.0. The highest BCUT2D eigenvalue weighted by Gasteiger charge is 2.03. The Bertz CT molecular complexity index is 540. The van der Waals surface area contributed by atoms with Gasteiger partial charge in [-0.15, -0.1) is 0 Å². The van der Waals surface area contributed by atoms with E-state index in [0.717, 1.165) is 11.3 Å². The lowest BCUT2D eigenvalue weighted by Crippen LogP contribution is -2.26. The van der Waals surface area contributed by atoms with Crippen LogP contribution < -0.4 is 15.0 Å². The van der Waals surface area contributed by atoms with Crippen molar-refractivity contribution < 1.29 is 19.1 Å². The van der Waals surface area contributed by atoms with Crippen LogP contribution in [0.2, 0.25) is 0 Å². The zero-order chi connectivity index (χ0) is 14.2. The van der Waals surface area contributed by atoms with Crippen molar-refractivity contribution in [2.75, 3.05) is 7.11 Å². The molecule has 2 rings (SSSR count). The molecule has 0 heterocycles. The van der Waals surface area contributed by atoms with Gasteiger partial charge in [0.2, 0.25) is 0 Å². The molecule has 0 saturated heterocycles. The first-order chi connectivity index (χ1) is 9.78. The molecule has 0 bridgehead atoms. The molecule has 0 aliphatic heterocycles. The predicted octanol–water partition coefficient (Wildman–Crippen LogP) is 2.92. The maximum absolute atomic E-state index is 11.4. The van der Waals surface area contributed by atoms with Gasteiger partial charge in [0, 0.05) is 0 Å². The topological polar surface area (TPSA) is 56.8 Å². The summed E-state index contributed by atoms with van der Waals surface area (Å²) in [5.41, 5.74) is 3.12. The standard InChI is InChI=1S/C15H15NO4/c1-18-13-9-7-12(8-10-13)11-19-16-15(17)20-14-5-3-2-4-6-14/h2-10H,11H2,1H3,(H,16,17). The SMILES string of the molecule is COc1ccc(CONC(=O)Oc2ccccc2)cc1. The Hall–Kier alpha value is -2.53. The summed E-state index contributed by atoms with van der Waals surface area (Å²) >= 11 is 0. The van der Waals surface area contributed by atoms with Crippen LogP contribution in [0, 0.1) is 0 Å². The summed E-state index contributed by atoms with van der Waals surface area (Å²) in [4.78, 5) is 16.5. The van der Waals surface area contributed by atoms with Gasteiger partial charge in [0.1, 0.15) is 11.5 Å². The molecule has 0 spiro atoms. The molecule has 5 nitrogen and oxygen atoms in total. The van der Waals surface area contributed by atoms with E-state index in [9.17, 15) is 4.79 Å². The van der Waals surface area contributed by atoms with Crippen LogP contribution >= 0.6 is 0 Å². The van der Waals surface area contributed by atoms with Gasteiger partial charge in [-0.1, -0.05) is 30.3 Å². The zero-order valence-electron chi connectivity index (χ0n) is 11.0. The number of methoxy groups -OCH3 is 1. The second-order valence-electron chi connectivity index (χ2n) is 3.94. The van der Waals surface area contributed by atoms with E-state index in [1.807, 2.05) is 30.3 Å². The number of rotatable bonds is 5. The fourth-order valence-corrected chi connectivity index (χ4v) is 1.52. The van der Waals surface area contributed by atoms with Crippen molar-refractivity contribution in [2.45, 2.75) is 6.61 Å². The quantitative estimate of drug-likeness (QED) is 0.851. The molecule has 1 N–H and O–H groups in total. The molecule has 20 heavy (non-hydrogen) atoms. The third kappa shape index (κ3) is 4.29. The first kappa shape index (κ1) is 13.9. The van der Waals surface area contributed by atoms with Gasteiger partial charge in [-0.2, -0.15) is 5.48 Å². The van der Waals surface area contributed by atoms with Crippen LogP contribution in [0.1, 0.15) is 5.56 Å². The highest BCUT2D eigenvalue weighted by molar-refractivity contribution is 5.69. The number of benzene rings is 2. The molecule has 0 atom stereocenters. The summed E-state index contributed by atoms with van der Waals surface area (Å²) in [5.74, 6) is 1.23. The van der Waals surface area contributed by atoms with Gasteiger partial charge in [-0.25, -0.2) is 4.79 Å². The lowest BCUT2D eigenvalue weighted by atomic mass is 10.2. The first-order valence-electron chi connectivity index (χ1n) is 6.05. The summed E-state index contributed by atoms with van der Waals surface area (Å²) in [6.07, 6.45) is -0.662. The summed E-state index contributed by atoms with van der Waals surface area (Å²) in [6, 6.07) is 16.1. The fourth-order valence-electron chi connectivity index (χ4n) is 1.52. The van der Waals surface area contributed by atoms with Crippen LogP contribution in [0.25, 0.3) is 0 Å². The van der Waals surface area contributed by atoms with Crippen LogP contribution in [-0.2, 0) is 11.4 Å². The van der Waals surface area contributed by atoms with E-state index in [2.05, 4.69) is 5.48 Å². The summed E-state index contributed by atoms with van der Waals surface area (Å²) in [7, 11) is 1.60. The average molecular weight is 273 g/mol. The Morgan fingerprint density at radius 1 is 1.00 bits per heavy atom. The molecule has 1 amide bonds. The van der Waals surface area contributed by atoms with Gasteiger partial charge in [-0.05, 0) is 29.8 Å². The number of ether oxygens (including phenoxy) is 2. The molecule has 2 aromatic carbocycles. The minimum atomic E-state index is -0.662. The van der Waals surface area contributed by atoms with Crippen LogP contribution in [-0.4, -0.2) is 13.2 Å². The molecular formula is C15H15NO4. The van der Waals surface area contributed by atoms with Gasteiger partial charge in [0.15, 0.2) is 0 Å². The van der Waals surface area contributed by atoms with Crippen LogP contribution in [0.4, 0.5) is 4.79 Å². The molecule has 0 aliphatic rings. The molecule has 104 valence electrons. The molecule has 0 radical (unpaired) electrons. The number of para-hydroxylation sites is 1. The molecule has 0 saturated carbocycles. The largest absolute Gasteiger partial charge is 0.497 e. The number of amides is 1. The Morgan fingerprint density at radius 2 is 1.70 bits per heavy atom. The molecule has 2 aromatic rings.